The number of carbonyl (C=O) groups is 2. The number of rotatable bonds is 5. The average molecular weight is 564 g/mol. The number of hydrogen-bond acceptors (Lipinski definition) is 5. The van der Waals surface area contributed by atoms with Crippen molar-refractivity contribution in [2.45, 2.75) is 20.0 Å². The molecule has 0 bridgehead atoms. The number of carboxylic acid groups (broad SMARTS) is 1. The summed E-state index contributed by atoms with van der Waals surface area (Å²) in [6.45, 7) is 3.48. The van der Waals surface area contributed by atoms with E-state index in [9.17, 15) is 33.0 Å². The van der Waals surface area contributed by atoms with Gasteiger partial charge in [-0.2, -0.15) is 18.3 Å². The molecule has 1 heterocycles. The van der Waals surface area contributed by atoms with Crippen molar-refractivity contribution >= 4 is 34.7 Å². The smallest absolute Gasteiger partial charge is 0.416 e. The van der Waals surface area contributed by atoms with Gasteiger partial charge in [-0.3, -0.25) is 15.1 Å². The van der Waals surface area contributed by atoms with E-state index < -0.39 is 40.7 Å². The van der Waals surface area contributed by atoms with Gasteiger partial charge in [0, 0.05) is 16.8 Å². The lowest BCUT2D eigenvalue weighted by molar-refractivity contribution is -0.137. The number of phenols is 1. The Morgan fingerprint density at radius 3 is 2.22 bits per heavy atom. The molecule has 0 saturated carbocycles. The van der Waals surface area contributed by atoms with Crippen LogP contribution in [0.3, 0.4) is 0 Å². The molecule has 41 heavy (non-hydrogen) atoms. The number of carbonyl (C=O) groups excluding carboxylic acids is 1. The quantitative estimate of drug-likeness (QED) is 0.179. The minimum atomic E-state index is -4.89. The summed E-state index contributed by atoms with van der Waals surface area (Å²) in [4.78, 5) is 26.7. The lowest BCUT2D eigenvalue weighted by Crippen LogP contribution is -2.26. The third-order valence-electron chi connectivity index (χ3n) is 6.51. The van der Waals surface area contributed by atoms with Gasteiger partial charge in [-0.05, 0) is 61.4 Å². The molecule has 0 radical (unpaired) electrons. The molecule has 5 rings (SSSR count). The number of benzene rings is 4. The lowest BCUT2D eigenvalue weighted by atomic mass is 9.99. The molecular weight excluding hydrogens is 542 g/mol. The summed E-state index contributed by atoms with van der Waals surface area (Å²) >= 11 is 0. The summed E-state index contributed by atoms with van der Waals surface area (Å²) in [5.74, 6) is -3.78. The maximum absolute atomic E-state index is 15.4. The molecule has 3 N–H and O–H groups in total. The average Bonchev–Trinajstić information content (AvgIpc) is 3.18. The number of hydrazone groups is 1. The van der Waals surface area contributed by atoms with Crippen LogP contribution in [0.4, 0.5) is 34.6 Å². The Bertz CT molecular complexity index is 1750. The van der Waals surface area contributed by atoms with Crippen LogP contribution in [-0.4, -0.2) is 27.8 Å². The molecule has 0 unspecified atom stereocenters. The minimum absolute atomic E-state index is 0.125. The Morgan fingerprint density at radius 2 is 1.59 bits per heavy atom. The van der Waals surface area contributed by atoms with Crippen molar-refractivity contribution in [3.05, 3.63) is 106 Å². The number of anilines is 3. The first-order valence-corrected chi connectivity index (χ1v) is 12.2. The van der Waals surface area contributed by atoms with E-state index in [0.717, 1.165) is 4.90 Å². The summed E-state index contributed by atoms with van der Waals surface area (Å²) < 4.78 is 56.3. The molecule has 0 spiro atoms. The standard InChI is InChI=1S/C30H21F4N3O4/c1-15-10-16(2)12-18(11-15)37-23-14-17(30(32,33)34)13-22(31)25(23)27(28(37)39)36-35-26-20(7-5-8-21(26)29(40)41)19-6-3-4-9-24(19)38/h3-14,35,38H,1-2H3,(H,40,41). The van der Waals surface area contributed by atoms with Crippen LogP contribution in [0.15, 0.2) is 77.9 Å². The first kappa shape index (κ1) is 27.4. The number of aromatic hydroxyl groups is 1. The number of nitrogens with zero attached hydrogens (tertiary/aromatic N) is 2. The number of fused-ring (bicyclic) bond motifs is 1. The summed E-state index contributed by atoms with van der Waals surface area (Å²) in [5, 5.41) is 24.3. The van der Waals surface area contributed by atoms with Crippen LogP contribution < -0.4 is 10.3 Å². The van der Waals surface area contributed by atoms with Gasteiger partial charge >= 0.3 is 12.1 Å². The zero-order chi connectivity index (χ0) is 29.6. The molecule has 208 valence electrons. The van der Waals surface area contributed by atoms with Crippen LogP contribution in [0.5, 0.6) is 5.75 Å². The molecule has 0 aromatic heterocycles. The molecule has 11 heteroatoms. The Balaban J connectivity index is 1.71. The topological polar surface area (TPSA) is 102 Å². The molecule has 4 aromatic carbocycles. The summed E-state index contributed by atoms with van der Waals surface area (Å²) in [7, 11) is 0. The highest BCUT2D eigenvalue weighted by Gasteiger charge is 2.42. The van der Waals surface area contributed by atoms with Gasteiger partial charge in [0.1, 0.15) is 11.6 Å². The first-order chi connectivity index (χ1) is 19.4. The lowest BCUT2D eigenvalue weighted by Gasteiger charge is -2.19. The number of hydrogen-bond donors (Lipinski definition) is 3. The molecule has 0 saturated heterocycles. The normalized spacial score (nSPS) is 14.0. The fourth-order valence-electron chi connectivity index (χ4n) is 4.82. The summed E-state index contributed by atoms with van der Waals surface area (Å²) in [6, 6.07) is 16.2. The van der Waals surface area contributed by atoms with Gasteiger partial charge in [-0.15, -0.1) is 0 Å². The van der Waals surface area contributed by atoms with Crippen molar-refractivity contribution in [1.82, 2.24) is 0 Å². The van der Waals surface area contributed by atoms with Crippen molar-refractivity contribution in [1.29, 1.82) is 0 Å². The van der Waals surface area contributed by atoms with Crippen molar-refractivity contribution < 1.29 is 37.4 Å². The van der Waals surface area contributed by atoms with Gasteiger partial charge in [0.05, 0.1) is 28.1 Å². The van der Waals surface area contributed by atoms with Crippen molar-refractivity contribution in [2.75, 3.05) is 10.3 Å². The highest BCUT2D eigenvalue weighted by atomic mass is 19.4. The van der Waals surface area contributed by atoms with Crippen LogP contribution in [0.2, 0.25) is 0 Å². The monoisotopic (exact) mass is 563 g/mol. The molecule has 7 nitrogen and oxygen atoms in total. The van der Waals surface area contributed by atoms with Crippen molar-refractivity contribution in [3.8, 4) is 16.9 Å². The van der Waals surface area contributed by atoms with Gasteiger partial charge < -0.3 is 10.2 Å². The van der Waals surface area contributed by atoms with Crippen LogP contribution in [0.1, 0.15) is 32.6 Å². The third-order valence-corrected chi connectivity index (χ3v) is 6.51. The zero-order valence-corrected chi connectivity index (χ0v) is 21.5. The Morgan fingerprint density at radius 1 is 0.927 bits per heavy atom. The number of phenolic OH excluding ortho intramolecular Hbond substituents is 1. The van der Waals surface area contributed by atoms with Crippen molar-refractivity contribution in [3.63, 3.8) is 0 Å². The molecular formula is C30H21F4N3O4. The second-order valence-electron chi connectivity index (χ2n) is 9.46. The van der Waals surface area contributed by atoms with E-state index in [1.165, 1.54) is 30.3 Å². The molecule has 0 aliphatic carbocycles. The maximum Gasteiger partial charge on any atom is 0.416 e. The SMILES string of the molecule is Cc1cc(C)cc(N2C(=O)C(=NNc3c(C(=O)O)cccc3-c3ccccc3O)c3c(F)cc(C(F)(F)F)cc32)c1. The van der Waals surface area contributed by atoms with Gasteiger partial charge in [-0.1, -0.05) is 36.4 Å². The maximum atomic E-state index is 15.4. The Labute approximate surface area is 231 Å². The molecule has 0 atom stereocenters. The predicted octanol–water partition coefficient (Wildman–Crippen LogP) is 7.03. The number of halogens is 4. The number of alkyl halides is 3. The van der Waals surface area contributed by atoms with E-state index in [4.69, 9.17) is 0 Å². The van der Waals surface area contributed by atoms with E-state index in [-0.39, 0.29) is 45.6 Å². The van der Waals surface area contributed by atoms with Gasteiger partial charge in [0.25, 0.3) is 5.91 Å². The molecule has 1 aliphatic rings. The highest BCUT2D eigenvalue weighted by molar-refractivity contribution is 6.56. The predicted molar refractivity (Wildman–Crippen MR) is 145 cm³/mol. The number of aromatic carboxylic acids is 1. The number of nitrogens with one attached hydrogen (secondary N) is 1. The van der Waals surface area contributed by atoms with Crippen molar-refractivity contribution in [2.24, 2.45) is 5.10 Å². The molecule has 1 amide bonds. The fourth-order valence-corrected chi connectivity index (χ4v) is 4.82. The van der Waals surface area contributed by atoms with Gasteiger partial charge in [-0.25, -0.2) is 9.18 Å². The number of amides is 1. The van der Waals surface area contributed by atoms with Gasteiger partial charge in [0.15, 0.2) is 5.71 Å². The van der Waals surface area contributed by atoms with E-state index in [2.05, 4.69) is 10.5 Å². The van der Waals surface area contributed by atoms with E-state index in [0.29, 0.717) is 17.2 Å². The summed E-state index contributed by atoms with van der Waals surface area (Å²) in [6.07, 6.45) is -4.89. The van der Waals surface area contributed by atoms with Crippen LogP contribution in [0, 0.1) is 19.7 Å². The van der Waals surface area contributed by atoms with E-state index >= 15 is 4.39 Å². The molecule has 4 aromatic rings. The van der Waals surface area contributed by atoms with E-state index in [1.807, 2.05) is 0 Å². The van der Waals surface area contributed by atoms with E-state index in [1.54, 1.807) is 44.2 Å². The second-order valence-corrected chi connectivity index (χ2v) is 9.46. The van der Waals surface area contributed by atoms with Crippen LogP contribution in [0.25, 0.3) is 11.1 Å². The summed E-state index contributed by atoms with van der Waals surface area (Å²) in [5.41, 5.74) is 1.52. The second kappa shape index (κ2) is 10.1. The number of carboxylic acids is 1. The van der Waals surface area contributed by atoms with Gasteiger partial charge in [0.2, 0.25) is 0 Å². The fraction of sp³-hybridized carbons (Fsp3) is 0.100. The largest absolute Gasteiger partial charge is 0.507 e. The number of para-hydroxylation sites is 2. The Hall–Kier alpha value is -5.19. The number of aryl methyl sites for hydroxylation is 2. The minimum Gasteiger partial charge on any atom is -0.507 e. The first-order valence-electron chi connectivity index (χ1n) is 12.2. The third kappa shape index (κ3) is 4.97. The van der Waals surface area contributed by atoms with Crippen LogP contribution in [-0.2, 0) is 11.0 Å². The molecule has 0 fully saturated rings. The molecule has 1 aliphatic heterocycles. The van der Waals surface area contributed by atoms with Crippen LogP contribution >= 0.6 is 0 Å². The highest BCUT2D eigenvalue weighted by Crippen LogP contribution is 2.43. The Kier molecular flexibility index (Phi) is 6.74. The zero-order valence-electron chi connectivity index (χ0n) is 21.5.